The highest BCUT2D eigenvalue weighted by Gasteiger charge is 2.27. The Hall–Kier alpha value is -2.95. The Balaban J connectivity index is 2.00. The average Bonchev–Trinajstić information content (AvgIpc) is 2.97. The predicted molar refractivity (Wildman–Crippen MR) is 104 cm³/mol. The molecule has 0 aliphatic rings. The van der Waals surface area contributed by atoms with Crippen LogP contribution in [0.15, 0.2) is 23.1 Å². The van der Waals surface area contributed by atoms with Crippen molar-refractivity contribution in [3.8, 4) is 0 Å². The highest BCUT2D eigenvalue weighted by atomic mass is 32.2. The fourth-order valence-electron chi connectivity index (χ4n) is 3.01. The summed E-state index contributed by atoms with van der Waals surface area (Å²) in [6.45, 7) is 5.65. The van der Waals surface area contributed by atoms with Gasteiger partial charge in [0.15, 0.2) is 23.3 Å². The minimum absolute atomic E-state index is 0.00177. The number of anilines is 1. The first-order valence-corrected chi connectivity index (χ1v) is 10.5. The molecular weight excluding hydrogens is 441 g/mol. The van der Waals surface area contributed by atoms with Gasteiger partial charge < -0.3 is 0 Å². The second-order valence-electron chi connectivity index (χ2n) is 7.10. The number of nitrogens with zero attached hydrogens (tertiary/aromatic N) is 2. The number of hydrogen-bond donors (Lipinski definition) is 1. The molecule has 0 bridgehead atoms. The van der Waals surface area contributed by atoms with Crippen LogP contribution in [0.3, 0.4) is 0 Å². The molecule has 3 aromatic rings. The molecule has 1 heterocycles. The standard InChI is InChI=1S/C20H18F5N3O2S/c1-9-5-6-13(7-10(9)2)31(29,30)27-20-11(3)26-28(12(20)4)8-14-15(21)17(23)19(25)18(24)16(14)22/h5-7,27H,8H2,1-4H3. The lowest BCUT2D eigenvalue weighted by Crippen LogP contribution is -2.15. The van der Waals surface area contributed by atoms with Crippen LogP contribution in [0.5, 0.6) is 0 Å². The van der Waals surface area contributed by atoms with E-state index >= 15 is 0 Å². The second-order valence-corrected chi connectivity index (χ2v) is 8.79. The summed E-state index contributed by atoms with van der Waals surface area (Å²) in [6, 6.07) is 4.56. The minimum atomic E-state index is -4.01. The van der Waals surface area contributed by atoms with E-state index in [1.807, 2.05) is 6.92 Å². The molecule has 0 atom stereocenters. The number of halogens is 5. The Morgan fingerprint density at radius 1 is 0.871 bits per heavy atom. The molecule has 1 N–H and O–H groups in total. The Morgan fingerprint density at radius 3 is 1.97 bits per heavy atom. The molecule has 3 rings (SSSR count). The molecule has 1 aromatic heterocycles. The molecule has 0 fully saturated rings. The molecule has 0 radical (unpaired) electrons. The average molecular weight is 459 g/mol. The molecule has 0 amide bonds. The lowest BCUT2D eigenvalue weighted by molar-refractivity contribution is 0.366. The predicted octanol–water partition coefficient (Wildman–Crippen LogP) is 4.66. The van der Waals surface area contributed by atoms with Crippen LogP contribution < -0.4 is 4.72 Å². The van der Waals surface area contributed by atoms with Gasteiger partial charge in [0.1, 0.15) is 0 Å². The van der Waals surface area contributed by atoms with Gasteiger partial charge in [0.05, 0.1) is 34.1 Å². The lowest BCUT2D eigenvalue weighted by atomic mass is 10.1. The zero-order valence-electron chi connectivity index (χ0n) is 16.9. The van der Waals surface area contributed by atoms with Crippen LogP contribution in [0.2, 0.25) is 0 Å². The van der Waals surface area contributed by atoms with Gasteiger partial charge in [-0.3, -0.25) is 9.40 Å². The summed E-state index contributed by atoms with van der Waals surface area (Å²) in [5, 5.41) is 4.00. The van der Waals surface area contributed by atoms with Crippen LogP contribution in [0, 0.1) is 56.8 Å². The van der Waals surface area contributed by atoms with Gasteiger partial charge >= 0.3 is 0 Å². The highest BCUT2D eigenvalue weighted by Crippen LogP contribution is 2.28. The van der Waals surface area contributed by atoms with Gasteiger partial charge in [0, 0.05) is 0 Å². The number of nitrogens with one attached hydrogen (secondary N) is 1. The SMILES string of the molecule is Cc1ccc(S(=O)(=O)Nc2c(C)nn(Cc3c(F)c(F)c(F)c(F)c3F)c2C)cc1C. The number of sulfonamides is 1. The zero-order valence-corrected chi connectivity index (χ0v) is 17.8. The fourth-order valence-corrected chi connectivity index (χ4v) is 4.27. The smallest absolute Gasteiger partial charge is 0.262 e. The van der Waals surface area contributed by atoms with Gasteiger partial charge in [-0.1, -0.05) is 6.07 Å². The molecule has 2 aromatic carbocycles. The van der Waals surface area contributed by atoms with Crippen LogP contribution in [0.4, 0.5) is 27.6 Å². The van der Waals surface area contributed by atoms with E-state index in [2.05, 4.69) is 9.82 Å². The molecule has 0 unspecified atom stereocenters. The maximum absolute atomic E-state index is 14.0. The summed E-state index contributed by atoms with van der Waals surface area (Å²) in [6.07, 6.45) is 0. The first-order valence-electron chi connectivity index (χ1n) is 8.99. The van der Waals surface area contributed by atoms with Crippen molar-refractivity contribution in [2.75, 3.05) is 4.72 Å². The van der Waals surface area contributed by atoms with E-state index in [1.54, 1.807) is 13.0 Å². The van der Waals surface area contributed by atoms with Gasteiger partial charge in [-0.25, -0.2) is 30.4 Å². The molecule has 0 saturated heterocycles. The van der Waals surface area contributed by atoms with Crippen LogP contribution >= 0.6 is 0 Å². The van der Waals surface area contributed by atoms with E-state index in [-0.39, 0.29) is 22.0 Å². The van der Waals surface area contributed by atoms with Gasteiger partial charge in [-0.15, -0.1) is 0 Å². The van der Waals surface area contributed by atoms with Crippen LogP contribution in [0.1, 0.15) is 28.1 Å². The topological polar surface area (TPSA) is 64.0 Å². The molecule has 0 aliphatic carbocycles. The van der Waals surface area contributed by atoms with Gasteiger partial charge in [0.25, 0.3) is 10.0 Å². The number of aromatic nitrogens is 2. The first-order chi connectivity index (χ1) is 14.3. The van der Waals surface area contributed by atoms with Crippen molar-refractivity contribution < 1.29 is 30.4 Å². The largest absolute Gasteiger partial charge is 0.276 e. The van der Waals surface area contributed by atoms with E-state index < -0.39 is 51.2 Å². The third kappa shape index (κ3) is 4.01. The molecule has 31 heavy (non-hydrogen) atoms. The van der Waals surface area contributed by atoms with Crippen LogP contribution in [-0.2, 0) is 16.6 Å². The monoisotopic (exact) mass is 459 g/mol. The van der Waals surface area contributed by atoms with Gasteiger partial charge in [-0.05, 0) is 51.0 Å². The molecule has 0 aliphatic heterocycles. The van der Waals surface area contributed by atoms with Crippen LogP contribution in [-0.4, -0.2) is 18.2 Å². The summed E-state index contributed by atoms with van der Waals surface area (Å²) in [7, 11) is -4.01. The third-order valence-electron chi connectivity index (χ3n) is 5.02. The Bertz CT molecular complexity index is 1270. The van der Waals surface area contributed by atoms with Crippen molar-refractivity contribution in [1.82, 2.24) is 9.78 Å². The van der Waals surface area contributed by atoms with Crippen LogP contribution in [0.25, 0.3) is 0 Å². The Morgan fingerprint density at radius 2 is 1.42 bits per heavy atom. The van der Waals surface area contributed by atoms with Crippen molar-refractivity contribution >= 4 is 15.7 Å². The lowest BCUT2D eigenvalue weighted by Gasteiger charge is -2.11. The Labute approximate surface area is 175 Å². The van der Waals surface area contributed by atoms with E-state index in [9.17, 15) is 30.4 Å². The first kappa shape index (κ1) is 22.7. The minimum Gasteiger partial charge on any atom is -0.276 e. The quantitative estimate of drug-likeness (QED) is 0.343. The maximum Gasteiger partial charge on any atom is 0.262 e. The van der Waals surface area contributed by atoms with Crippen molar-refractivity contribution in [2.24, 2.45) is 0 Å². The summed E-state index contributed by atoms with van der Waals surface area (Å²) >= 11 is 0. The molecule has 166 valence electrons. The van der Waals surface area contributed by atoms with Crippen molar-refractivity contribution in [3.05, 3.63) is 75.4 Å². The molecule has 0 saturated carbocycles. The van der Waals surface area contributed by atoms with Gasteiger partial charge in [-0.2, -0.15) is 5.10 Å². The molecule has 11 heteroatoms. The van der Waals surface area contributed by atoms with E-state index in [1.165, 1.54) is 26.0 Å². The summed E-state index contributed by atoms with van der Waals surface area (Å²) < 4.78 is 97.1. The summed E-state index contributed by atoms with van der Waals surface area (Å²) in [4.78, 5) is 0.00177. The Kier molecular flexibility index (Phi) is 5.83. The van der Waals surface area contributed by atoms with E-state index in [4.69, 9.17) is 0 Å². The third-order valence-corrected chi connectivity index (χ3v) is 6.36. The summed E-state index contributed by atoms with van der Waals surface area (Å²) in [5.41, 5.74) is 0.926. The second kappa shape index (κ2) is 7.95. The van der Waals surface area contributed by atoms with Crippen molar-refractivity contribution in [3.63, 3.8) is 0 Å². The molecule has 5 nitrogen and oxygen atoms in total. The normalized spacial score (nSPS) is 11.8. The molecular formula is C20H18F5N3O2S. The van der Waals surface area contributed by atoms with Crippen molar-refractivity contribution in [1.29, 1.82) is 0 Å². The number of aryl methyl sites for hydroxylation is 3. The number of rotatable bonds is 5. The molecule has 0 spiro atoms. The number of benzene rings is 2. The number of hydrogen-bond acceptors (Lipinski definition) is 3. The van der Waals surface area contributed by atoms with E-state index in [0.29, 0.717) is 0 Å². The fraction of sp³-hybridized carbons (Fsp3) is 0.250. The van der Waals surface area contributed by atoms with Gasteiger partial charge in [0.2, 0.25) is 5.82 Å². The maximum atomic E-state index is 14.0. The zero-order chi connectivity index (χ0) is 23.2. The van der Waals surface area contributed by atoms with E-state index in [0.717, 1.165) is 15.8 Å². The highest BCUT2D eigenvalue weighted by molar-refractivity contribution is 7.92. The summed E-state index contributed by atoms with van der Waals surface area (Å²) in [5.74, 6) is -10.3. The van der Waals surface area contributed by atoms with Crippen molar-refractivity contribution in [2.45, 2.75) is 39.1 Å².